The van der Waals surface area contributed by atoms with E-state index in [4.69, 9.17) is 0 Å². The first-order valence-electron chi connectivity index (χ1n) is 9.44. The minimum atomic E-state index is 1.20. The molecule has 21 heavy (non-hydrogen) atoms. The molecule has 0 aromatic carbocycles. The quantitative estimate of drug-likeness (QED) is 0.216. The number of amidine groups is 1. The van der Waals surface area contributed by atoms with Gasteiger partial charge in [0.1, 0.15) is 0 Å². The van der Waals surface area contributed by atoms with Crippen molar-refractivity contribution in [3.63, 3.8) is 0 Å². The van der Waals surface area contributed by atoms with Crippen LogP contribution in [0.1, 0.15) is 97.8 Å². The maximum Gasteiger partial charge on any atom is 0.0954 e. The van der Waals surface area contributed by atoms with Gasteiger partial charge in [-0.1, -0.05) is 78.1 Å². The largest absolute Gasteiger partial charge is 0.361 e. The van der Waals surface area contributed by atoms with Gasteiger partial charge in [0, 0.05) is 20.1 Å². The topological polar surface area (TPSA) is 15.6 Å². The summed E-state index contributed by atoms with van der Waals surface area (Å²) in [6.07, 6.45) is 16.5. The lowest BCUT2D eigenvalue weighted by atomic mass is 10.1. The van der Waals surface area contributed by atoms with Crippen LogP contribution in [0.5, 0.6) is 0 Å². The fourth-order valence-electron chi connectivity index (χ4n) is 2.74. The predicted molar refractivity (Wildman–Crippen MR) is 97.4 cm³/mol. The Morgan fingerprint density at radius 2 is 1.05 bits per heavy atom. The summed E-state index contributed by atoms with van der Waals surface area (Å²) < 4.78 is 0. The lowest BCUT2D eigenvalue weighted by Crippen LogP contribution is -2.31. The third-order valence-electron chi connectivity index (χ3n) is 4.34. The molecule has 0 N–H and O–H groups in total. The molecular weight excluding hydrogens is 256 g/mol. The summed E-state index contributed by atoms with van der Waals surface area (Å²) in [5.41, 5.74) is 0. The van der Waals surface area contributed by atoms with Crippen LogP contribution < -0.4 is 0 Å². The first kappa shape index (κ1) is 20.5. The second kappa shape index (κ2) is 15.9. The molecular formula is C19H40N2. The summed E-state index contributed by atoms with van der Waals surface area (Å²) in [5.74, 6) is 1.22. The van der Waals surface area contributed by atoms with E-state index >= 15 is 0 Å². The van der Waals surface area contributed by atoms with Gasteiger partial charge in [-0.3, -0.25) is 4.99 Å². The Morgan fingerprint density at radius 3 is 1.43 bits per heavy atom. The molecule has 0 heterocycles. The molecule has 126 valence electrons. The van der Waals surface area contributed by atoms with Crippen LogP contribution in [-0.2, 0) is 0 Å². The molecule has 0 unspecified atom stereocenters. The maximum absolute atomic E-state index is 4.39. The molecule has 0 radical (unpaired) electrons. The van der Waals surface area contributed by atoms with Crippen molar-refractivity contribution in [2.24, 2.45) is 4.99 Å². The summed E-state index contributed by atoms with van der Waals surface area (Å²) in [4.78, 5) is 6.89. The Kier molecular flexibility index (Phi) is 15.5. The molecule has 0 aromatic heterocycles. The lowest BCUT2D eigenvalue weighted by Gasteiger charge is -2.24. The molecule has 0 amide bonds. The fraction of sp³-hybridized carbons (Fsp3) is 0.947. The van der Waals surface area contributed by atoms with E-state index in [-0.39, 0.29) is 0 Å². The zero-order chi connectivity index (χ0) is 15.8. The predicted octanol–water partition coefficient (Wildman–Crippen LogP) is 6.06. The van der Waals surface area contributed by atoms with Gasteiger partial charge in [-0.25, -0.2) is 0 Å². The van der Waals surface area contributed by atoms with Gasteiger partial charge < -0.3 is 4.90 Å². The third kappa shape index (κ3) is 12.9. The van der Waals surface area contributed by atoms with Crippen molar-refractivity contribution in [3.8, 4) is 0 Å². The molecule has 0 aromatic rings. The smallest absolute Gasteiger partial charge is 0.0954 e. The monoisotopic (exact) mass is 296 g/mol. The zero-order valence-corrected chi connectivity index (χ0v) is 15.3. The van der Waals surface area contributed by atoms with Crippen LogP contribution in [0.25, 0.3) is 0 Å². The Hall–Kier alpha value is -0.530. The van der Waals surface area contributed by atoms with E-state index in [1.54, 1.807) is 0 Å². The number of hydrogen-bond acceptors (Lipinski definition) is 1. The average Bonchev–Trinajstić information content (AvgIpc) is 2.51. The molecule has 2 heteroatoms. The lowest BCUT2D eigenvalue weighted by molar-refractivity contribution is 0.382. The SMILES string of the molecule is CCCCCCCCN(CCCCCCCC)C(C)=NC. The zero-order valence-electron chi connectivity index (χ0n) is 15.3. The third-order valence-corrected chi connectivity index (χ3v) is 4.34. The van der Waals surface area contributed by atoms with Crippen LogP contribution in [0, 0.1) is 0 Å². The van der Waals surface area contributed by atoms with Crippen molar-refractivity contribution < 1.29 is 0 Å². The highest BCUT2D eigenvalue weighted by atomic mass is 15.2. The normalized spacial score (nSPS) is 11.9. The fourth-order valence-corrected chi connectivity index (χ4v) is 2.74. The molecule has 0 saturated heterocycles. The van der Waals surface area contributed by atoms with Gasteiger partial charge in [0.2, 0.25) is 0 Å². The molecule has 0 aliphatic heterocycles. The van der Waals surface area contributed by atoms with Crippen LogP contribution in [0.3, 0.4) is 0 Å². The minimum absolute atomic E-state index is 1.20. The summed E-state index contributed by atoms with van der Waals surface area (Å²) in [7, 11) is 1.92. The Bertz CT molecular complexity index is 220. The molecule has 0 fully saturated rings. The van der Waals surface area contributed by atoms with Crippen molar-refractivity contribution >= 4 is 5.84 Å². The highest BCUT2D eigenvalue weighted by Gasteiger charge is 2.05. The van der Waals surface area contributed by atoms with Crippen LogP contribution in [0.4, 0.5) is 0 Å². The summed E-state index contributed by atoms with van der Waals surface area (Å²) in [6.45, 7) is 9.12. The van der Waals surface area contributed by atoms with Crippen molar-refractivity contribution in [1.82, 2.24) is 4.90 Å². The van der Waals surface area contributed by atoms with Crippen LogP contribution >= 0.6 is 0 Å². The molecule has 0 aliphatic carbocycles. The van der Waals surface area contributed by atoms with E-state index < -0.39 is 0 Å². The first-order valence-corrected chi connectivity index (χ1v) is 9.44. The van der Waals surface area contributed by atoms with Crippen molar-refractivity contribution in [3.05, 3.63) is 0 Å². The van der Waals surface area contributed by atoms with E-state index in [9.17, 15) is 0 Å². The highest BCUT2D eigenvalue weighted by Crippen LogP contribution is 2.09. The van der Waals surface area contributed by atoms with Gasteiger partial charge in [-0.2, -0.15) is 0 Å². The summed E-state index contributed by atoms with van der Waals surface area (Å²) >= 11 is 0. The summed E-state index contributed by atoms with van der Waals surface area (Å²) in [6, 6.07) is 0. The van der Waals surface area contributed by atoms with E-state index in [1.165, 1.54) is 96.0 Å². The first-order chi connectivity index (χ1) is 10.3. The van der Waals surface area contributed by atoms with Crippen molar-refractivity contribution in [2.75, 3.05) is 20.1 Å². The molecule has 0 saturated carbocycles. The molecule has 0 atom stereocenters. The second-order valence-corrected chi connectivity index (χ2v) is 6.29. The number of nitrogens with zero attached hydrogens (tertiary/aromatic N) is 2. The van der Waals surface area contributed by atoms with E-state index in [0.717, 1.165) is 0 Å². The molecule has 0 bridgehead atoms. The van der Waals surface area contributed by atoms with Crippen LogP contribution in [0.2, 0.25) is 0 Å². The van der Waals surface area contributed by atoms with E-state index in [1.807, 2.05) is 7.05 Å². The van der Waals surface area contributed by atoms with Gasteiger partial charge >= 0.3 is 0 Å². The van der Waals surface area contributed by atoms with Crippen LogP contribution in [-0.4, -0.2) is 30.9 Å². The number of hydrogen-bond donors (Lipinski definition) is 0. The van der Waals surface area contributed by atoms with Gasteiger partial charge in [0.05, 0.1) is 5.84 Å². The standard InChI is InChI=1S/C19H40N2/c1-5-7-9-11-13-15-17-21(19(3)20-4)18-16-14-12-10-8-6-2/h5-18H2,1-4H3. The molecule has 0 rings (SSSR count). The molecule has 0 aliphatic rings. The Morgan fingerprint density at radius 1 is 0.667 bits per heavy atom. The van der Waals surface area contributed by atoms with Crippen molar-refractivity contribution in [1.29, 1.82) is 0 Å². The van der Waals surface area contributed by atoms with Gasteiger partial charge in [-0.05, 0) is 19.8 Å². The van der Waals surface area contributed by atoms with Crippen LogP contribution in [0.15, 0.2) is 4.99 Å². The minimum Gasteiger partial charge on any atom is -0.361 e. The number of aliphatic imine (C=N–C) groups is 1. The van der Waals surface area contributed by atoms with Gasteiger partial charge in [0.15, 0.2) is 0 Å². The number of unbranched alkanes of at least 4 members (excludes halogenated alkanes) is 10. The van der Waals surface area contributed by atoms with Gasteiger partial charge in [0.25, 0.3) is 0 Å². The number of rotatable bonds is 14. The second-order valence-electron chi connectivity index (χ2n) is 6.29. The Balaban J connectivity index is 3.73. The van der Waals surface area contributed by atoms with Crippen molar-refractivity contribution in [2.45, 2.75) is 97.8 Å². The molecule has 0 spiro atoms. The molecule has 2 nitrogen and oxygen atoms in total. The Labute approximate surface area is 134 Å². The van der Waals surface area contributed by atoms with E-state index in [0.29, 0.717) is 0 Å². The highest BCUT2D eigenvalue weighted by molar-refractivity contribution is 5.79. The van der Waals surface area contributed by atoms with E-state index in [2.05, 4.69) is 30.7 Å². The maximum atomic E-state index is 4.39. The van der Waals surface area contributed by atoms with Gasteiger partial charge in [-0.15, -0.1) is 0 Å². The average molecular weight is 297 g/mol. The summed E-state index contributed by atoms with van der Waals surface area (Å²) in [5, 5.41) is 0.